The van der Waals surface area contributed by atoms with Gasteiger partial charge in [0.2, 0.25) is 0 Å². The molecule has 1 saturated heterocycles. The van der Waals surface area contributed by atoms with Crippen LogP contribution in [-0.2, 0) is 4.74 Å². The topological polar surface area (TPSA) is 27.7 Å². The third-order valence-corrected chi connectivity index (χ3v) is 4.54. The minimum absolute atomic E-state index is 0.481. The summed E-state index contributed by atoms with van der Waals surface area (Å²) in [6.07, 6.45) is 6.74. The molecule has 1 N–H and O–H groups in total. The van der Waals surface area contributed by atoms with Crippen LogP contribution in [0.1, 0.15) is 32.6 Å². The molecule has 4 nitrogen and oxygen atoms in total. The molecule has 0 aromatic carbocycles. The summed E-state index contributed by atoms with van der Waals surface area (Å²) in [5.74, 6) is 0. The van der Waals surface area contributed by atoms with Crippen LogP contribution in [-0.4, -0.2) is 68.8 Å². The van der Waals surface area contributed by atoms with E-state index in [0.717, 1.165) is 19.6 Å². The van der Waals surface area contributed by atoms with Crippen molar-refractivity contribution in [1.82, 2.24) is 15.1 Å². The lowest BCUT2D eigenvalue weighted by atomic mass is 9.94. The van der Waals surface area contributed by atoms with Crippen molar-refractivity contribution in [3.8, 4) is 0 Å². The summed E-state index contributed by atoms with van der Waals surface area (Å²) in [4.78, 5) is 4.97. The molecule has 0 spiro atoms. The molecule has 0 aromatic heterocycles. The molecule has 2 unspecified atom stereocenters. The Kier molecular flexibility index (Phi) is 6.33. The molecule has 4 heteroatoms. The molecule has 0 aromatic rings. The number of likely N-dealkylation sites (N-methyl/N-ethyl adjacent to an activating group) is 2. The van der Waals surface area contributed by atoms with Crippen LogP contribution in [0.4, 0.5) is 0 Å². The molecule has 2 heterocycles. The van der Waals surface area contributed by atoms with E-state index in [1.807, 2.05) is 6.26 Å². The lowest BCUT2D eigenvalue weighted by Gasteiger charge is -2.40. The largest absolute Gasteiger partial charge is 0.501 e. The van der Waals surface area contributed by atoms with Crippen LogP contribution in [0.2, 0.25) is 0 Å². The zero-order valence-electron chi connectivity index (χ0n) is 13.4. The summed E-state index contributed by atoms with van der Waals surface area (Å²) in [6.45, 7) is 7.75. The SMILES string of the molecule is CCCNC(CC1CN(C)CCN1C)C1=COCCC1. The molecule has 0 saturated carbocycles. The monoisotopic (exact) mass is 281 g/mol. The number of hydrogen-bond donors (Lipinski definition) is 1. The van der Waals surface area contributed by atoms with Crippen LogP contribution in [0.25, 0.3) is 0 Å². The molecule has 2 rings (SSSR count). The maximum atomic E-state index is 5.55. The number of rotatable bonds is 6. The van der Waals surface area contributed by atoms with E-state index >= 15 is 0 Å². The van der Waals surface area contributed by atoms with E-state index in [1.54, 1.807) is 0 Å². The lowest BCUT2D eigenvalue weighted by Crippen LogP contribution is -2.52. The number of nitrogens with one attached hydrogen (secondary N) is 1. The Hall–Kier alpha value is -0.580. The second-order valence-electron chi connectivity index (χ2n) is 6.31. The van der Waals surface area contributed by atoms with Gasteiger partial charge in [0, 0.05) is 31.7 Å². The average Bonchev–Trinajstić information content (AvgIpc) is 2.48. The van der Waals surface area contributed by atoms with E-state index in [9.17, 15) is 0 Å². The molecule has 116 valence electrons. The average molecular weight is 281 g/mol. The van der Waals surface area contributed by atoms with Gasteiger partial charge in [-0.15, -0.1) is 0 Å². The molecule has 0 bridgehead atoms. The van der Waals surface area contributed by atoms with Gasteiger partial charge in [-0.25, -0.2) is 0 Å². The number of piperazine rings is 1. The van der Waals surface area contributed by atoms with Crippen LogP contribution >= 0.6 is 0 Å². The summed E-state index contributed by atoms with van der Waals surface area (Å²) in [5, 5.41) is 3.73. The molecule has 0 aliphatic carbocycles. The Bertz CT molecular complexity index is 319. The molecular formula is C16H31N3O. The third kappa shape index (κ3) is 4.47. The molecule has 2 aliphatic rings. The molecule has 2 aliphatic heterocycles. The summed E-state index contributed by atoms with van der Waals surface area (Å²) in [5.41, 5.74) is 1.46. The van der Waals surface area contributed by atoms with Gasteiger partial charge in [-0.1, -0.05) is 6.92 Å². The van der Waals surface area contributed by atoms with Gasteiger partial charge in [-0.2, -0.15) is 0 Å². The standard InChI is InChI=1S/C16H31N3O/c1-4-7-17-16(14-6-5-10-20-13-14)11-15-12-18(2)8-9-19(15)3/h13,15-17H,4-12H2,1-3H3. The first kappa shape index (κ1) is 15.8. The molecule has 2 atom stereocenters. The maximum Gasteiger partial charge on any atom is 0.0876 e. The van der Waals surface area contributed by atoms with Crippen molar-refractivity contribution in [2.45, 2.75) is 44.7 Å². The van der Waals surface area contributed by atoms with Crippen LogP contribution < -0.4 is 5.32 Å². The molecule has 1 fully saturated rings. The van der Waals surface area contributed by atoms with Crippen molar-refractivity contribution < 1.29 is 4.74 Å². The summed E-state index contributed by atoms with van der Waals surface area (Å²) in [7, 11) is 4.50. The van der Waals surface area contributed by atoms with Gasteiger partial charge in [0.1, 0.15) is 0 Å². The van der Waals surface area contributed by atoms with Gasteiger partial charge >= 0.3 is 0 Å². The third-order valence-electron chi connectivity index (χ3n) is 4.54. The normalized spacial score (nSPS) is 26.9. The second kappa shape index (κ2) is 8.01. The fourth-order valence-electron chi connectivity index (χ4n) is 3.15. The van der Waals surface area contributed by atoms with Crippen molar-refractivity contribution >= 4 is 0 Å². The van der Waals surface area contributed by atoms with Crippen molar-refractivity contribution in [1.29, 1.82) is 0 Å². The van der Waals surface area contributed by atoms with Gasteiger partial charge in [0.25, 0.3) is 0 Å². The Morgan fingerprint density at radius 3 is 2.95 bits per heavy atom. The van der Waals surface area contributed by atoms with Crippen LogP contribution in [0.3, 0.4) is 0 Å². The quantitative estimate of drug-likeness (QED) is 0.802. The lowest BCUT2D eigenvalue weighted by molar-refractivity contribution is 0.102. The number of hydrogen-bond acceptors (Lipinski definition) is 4. The Morgan fingerprint density at radius 1 is 1.40 bits per heavy atom. The second-order valence-corrected chi connectivity index (χ2v) is 6.31. The van der Waals surface area contributed by atoms with Crippen LogP contribution in [0.5, 0.6) is 0 Å². The van der Waals surface area contributed by atoms with Gasteiger partial charge in [0.05, 0.1) is 12.9 Å². The summed E-state index contributed by atoms with van der Waals surface area (Å²) in [6, 6.07) is 1.13. The van der Waals surface area contributed by atoms with E-state index < -0.39 is 0 Å². The van der Waals surface area contributed by atoms with Crippen LogP contribution in [0, 0.1) is 0 Å². The van der Waals surface area contributed by atoms with E-state index in [1.165, 1.54) is 44.5 Å². The van der Waals surface area contributed by atoms with E-state index in [2.05, 4.69) is 36.1 Å². The summed E-state index contributed by atoms with van der Waals surface area (Å²) < 4.78 is 5.55. The minimum Gasteiger partial charge on any atom is -0.501 e. The number of ether oxygens (including phenoxy) is 1. The van der Waals surface area contributed by atoms with Crippen molar-refractivity contribution in [3.05, 3.63) is 11.8 Å². The Labute approximate surface area is 124 Å². The highest BCUT2D eigenvalue weighted by Gasteiger charge is 2.27. The van der Waals surface area contributed by atoms with Crippen LogP contribution in [0.15, 0.2) is 11.8 Å². The molecule has 0 amide bonds. The first-order valence-electron chi connectivity index (χ1n) is 8.13. The van der Waals surface area contributed by atoms with E-state index in [0.29, 0.717) is 12.1 Å². The van der Waals surface area contributed by atoms with Gasteiger partial charge in [-0.3, -0.25) is 0 Å². The fourth-order valence-corrected chi connectivity index (χ4v) is 3.15. The number of nitrogens with zero attached hydrogens (tertiary/aromatic N) is 2. The maximum absolute atomic E-state index is 5.55. The Balaban J connectivity index is 1.96. The van der Waals surface area contributed by atoms with Crippen molar-refractivity contribution in [2.75, 3.05) is 46.9 Å². The molecule has 20 heavy (non-hydrogen) atoms. The zero-order chi connectivity index (χ0) is 14.4. The van der Waals surface area contributed by atoms with E-state index in [4.69, 9.17) is 4.74 Å². The van der Waals surface area contributed by atoms with Gasteiger partial charge in [-0.05, 0) is 51.9 Å². The Morgan fingerprint density at radius 2 is 2.25 bits per heavy atom. The van der Waals surface area contributed by atoms with E-state index in [-0.39, 0.29) is 0 Å². The fraction of sp³-hybridized carbons (Fsp3) is 0.875. The van der Waals surface area contributed by atoms with Gasteiger partial charge < -0.3 is 19.9 Å². The van der Waals surface area contributed by atoms with Crippen molar-refractivity contribution in [3.63, 3.8) is 0 Å². The highest BCUT2D eigenvalue weighted by molar-refractivity contribution is 5.11. The highest BCUT2D eigenvalue weighted by Crippen LogP contribution is 2.21. The predicted molar refractivity (Wildman–Crippen MR) is 83.9 cm³/mol. The first-order valence-corrected chi connectivity index (χ1v) is 8.13. The smallest absolute Gasteiger partial charge is 0.0876 e. The molecule has 0 radical (unpaired) electrons. The highest BCUT2D eigenvalue weighted by atomic mass is 16.5. The first-order chi connectivity index (χ1) is 9.70. The van der Waals surface area contributed by atoms with Crippen molar-refractivity contribution in [2.24, 2.45) is 0 Å². The minimum atomic E-state index is 0.481. The summed E-state index contributed by atoms with van der Waals surface area (Å²) >= 11 is 0. The molecular weight excluding hydrogens is 250 g/mol. The van der Waals surface area contributed by atoms with Gasteiger partial charge in [0.15, 0.2) is 0 Å². The predicted octanol–water partition coefficient (Wildman–Crippen LogP) is 1.68. The zero-order valence-corrected chi connectivity index (χ0v) is 13.4.